The molecule has 9 heteroatoms. The van der Waals surface area contributed by atoms with E-state index in [1.165, 1.54) is 6.92 Å². The van der Waals surface area contributed by atoms with E-state index in [-0.39, 0.29) is 18.9 Å². The summed E-state index contributed by atoms with van der Waals surface area (Å²) in [5, 5.41) is 13.7. The number of carbonyl (C=O) groups is 3. The zero-order valence-corrected chi connectivity index (χ0v) is 18.8. The number of halogens is 2. The first-order chi connectivity index (χ1) is 16.1. The Labute approximate surface area is 195 Å². The summed E-state index contributed by atoms with van der Waals surface area (Å²) in [5.74, 6) is -9.07. The minimum Gasteiger partial charge on any atom is -0.481 e. The van der Waals surface area contributed by atoms with Crippen LogP contribution in [-0.2, 0) is 14.3 Å². The second kappa shape index (κ2) is 8.70. The summed E-state index contributed by atoms with van der Waals surface area (Å²) in [6, 6.07) is 15.8. The third-order valence-corrected chi connectivity index (χ3v) is 6.88. The lowest BCUT2D eigenvalue weighted by Crippen LogP contribution is -2.57. The predicted octanol–water partition coefficient (Wildman–Crippen LogP) is 3.78. The Morgan fingerprint density at radius 1 is 1.06 bits per heavy atom. The number of carboxylic acid groups (broad SMARTS) is 1. The first-order valence-corrected chi connectivity index (χ1v) is 11.1. The normalized spacial score (nSPS) is 21.5. The fourth-order valence-electron chi connectivity index (χ4n) is 4.54. The average Bonchev–Trinajstić information content (AvgIpc) is 3.23. The molecule has 1 fully saturated rings. The average molecular weight is 472 g/mol. The number of alkyl carbamates (subject to hydrolysis) is 1. The van der Waals surface area contributed by atoms with Crippen molar-refractivity contribution in [1.82, 2.24) is 10.6 Å². The molecule has 2 aliphatic carbocycles. The maximum Gasteiger partial charge on any atom is 0.408 e. The number of carbonyl (C=O) groups excluding carboxylic acids is 2. The maximum atomic E-state index is 13.6. The Balaban J connectivity index is 1.36. The zero-order valence-electron chi connectivity index (χ0n) is 18.8. The molecule has 7 nitrogen and oxygen atoms in total. The molecule has 2 aliphatic rings. The van der Waals surface area contributed by atoms with Crippen molar-refractivity contribution in [2.45, 2.75) is 37.6 Å². The summed E-state index contributed by atoms with van der Waals surface area (Å²) < 4.78 is 32.7. The smallest absolute Gasteiger partial charge is 0.408 e. The highest BCUT2D eigenvalue weighted by atomic mass is 19.3. The predicted molar refractivity (Wildman–Crippen MR) is 119 cm³/mol. The molecule has 0 heterocycles. The van der Waals surface area contributed by atoms with Crippen LogP contribution in [0.15, 0.2) is 48.5 Å². The van der Waals surface area contributed by atoms with Gasteiger partial charge in [-0.05, 0) is 35.6 Å². The third-order valence-electron chi connectivity index (χ3n) is 6.88. The molecule has 2 amide bonds. The third kappa shape index (κ3) is 4.10. The quantitative estimate of drug-likeness (QED) is 0.543. The highest BCUT2D eigenvalue weighted by Crippen LogP contribution is 2.55. The molecule has 180 valence electrons. The van der Waals surface area contributed by atoms with Gasteiger partial charge in [-0.15, -0.1) is 0 Å². The minimum atomic E-state index is -3.36. The Kier molecular flexibility index (Phi) is 6.05. The first-order valence-electron chi connectivity index (χ1n) is 11.1. The van der Waals surface area contributed by atoms with Gasteiger partial charge in [-0.25, -0.2) is 13.6 Å². The largest absolute Gasteiger partial charge is 0.481 e. The fraction of sp³-hybridized carbons (Fsp3) is 0.400. The van der Waals surface area contributed by atoms with Crippen LogP contribution in [0.4, 0.5) is 13.6 Å². The number of aliphatic carboxylic acids is 1. The van der Waals surface area contributed by atoms with E-state index in [0.29, 0.717) is 0 Å². The summed E-state index contributed by atoms with van der Waals surface area (Å²) in [6.07, 6.45) is -0.631. The van der Waals surface area contributed by atoms with Gasteiger partial charge in [0.2, 0.25) is 5.91 Å². The molecular weight excluding hydrogens is 446 g/mol. The Bertz CT molecular complexity index is 1090. The first kappa shape index (κ1) is 23.7. The molecule has 3 N–H and O–H groups in total. The molecule has 0 spiro atoms. The van der Waals surface area contributed by atoms with E-state index in [0.717, 1.165) is 22.3 Å². The lowest BCUT2D eigenvalue weighted by Gasteiger charge is -2.28. The van der Waals surface area contributed by atoms with Crippen LogP contribution < -0.4 is 10.6 Å². The molecule has 3 atom stereocenters. The molecule has 1 saturated carbocycles. The summed E-state index contributed by atoms with van der Waals surface area (Å²) in [7, 11) is 0. The zero-order chi connectivity index (χ0) is 24.7. The van der Waals surface area contributed by atoms with Crippen LogP contribution in [0.3, 0.4) is 0 Å². The van der Waals surface area contributed by atoms with Gasteiger partial charge in [-0.3, -0.25) is 9.59 Å². The Morgan fingerprint density at radius 3 is 2.12 bits per heavy atom. The minimum absolute atomic E-state index is 0.0653. The molecule has 0 aromatic heterocycles. The van der Waals surface area contributed by atoms with Crippen molar-refractivity contribution in [3.8, 4) is 11.1 Å². The lowest BCUT2D eigenvalue weighted by molar-refractivity contribution is -0.141. The number of rotatable bonds is 8. The molecule has 4 rings (SSSR count). The lowest BCUT2D eigenvalue weighted by atomic mass is 9.97. The number of nitrogens with one attached hydrogen (secondary N) is 2. The van der Waals surface area contributed by atoms with Crippen molar-refractivity contribution in [3.63, 3.8) is 0 Å². The monoisotopic (exact) mass is 472 g/mol. The summed E-state index contributed by atoms with van der Waals surface area (Å²) >= 11 is 0. The number of benzene rings is 2. The van der Waals surface area contributed by atoms with E-state index >= 15 is 0 Å². The molecule has 34 heavy (non-hydrogen) atoms. The maximum absolute atomic E-state index is 13.6. The van der Waals surface area contributed by atoms with Crippen molar-refractivity contribution < 1.29 is 33.0 Å². The van der Waals surface area contributed by atoms with Crippen molar-refractivity contribution in [2.24, 2.45) is 11.8 Å². The second-order valence-corrected chi connectivity index (χ2v) is 8.94. The molecule has 0 radical (unpaired) electrons. The van der Waals surface area contributed by atoms with E-state index in [1.54, 1.807) is 6.92 Å². The number of hydrogen-bond acceptors (Lipinski definition) is 4. The number of ether oxygens (including phenoxy) is 1. The van der Waals surface area contributed by atoms with Gasteiger partial charge in [0.1, 0.15) is 18.1 Å². The number of alkyl halides is 2. The van der Waals surface area contributed by atoms with Crippen molar-refractivity contribution in [1.29, 1.82) is 0 Å². The molecule has 2 aromatic rings. The number of carboxylic acids is 1. The molecule has 0 saturated heterocycles. The van der Waals surface area contributed by atoms with Crippen LogP contribution in [0, 0.1) is 11.8 Å². The van der Waals surface area contributed by atoms with Crippen molar-refractivity contribution >= 4 is 18.0 Å². The van der Waals surface area contributed by atoms with E-state index in [4.69, 9.17) is 9.84 Å². The van der Waals surface area contributed by atoms with E-state index in [9.17, 15) is 23.2 Å². The van der Waals surface area contributed by atoms with Gasteiger partial charge >= 0.3 is 12.1 Å². The van der Waals surface area contributed by atoms with E-state index in [2.05, 4.69) is 10.6 Å². The van der Waals surface area contributed by atoms with Gasteiger partial charge in [0.05, 0.1) is 5.92 Å². The van der Waals surface area contributed by atoms with Crippen LogP contribution in [0.2, 0.25) is 0 Å². The topological polar surface area (TPSA) is 105 Å². The summed E-state index contributed by atoms with van der Waals surface area (Å²) in [4.78, 5) is 36.2. The van der Waals surface area contributed by atoms with Crippen molar-refractivity contribution in [2.75, 3.05) is 13.2 Å². The van der Waals surface area contributed by atoms with Gasteiger partial charge in [0, 0.05) is 12.5 Å². The number of fused-ring (bicyclic) bond motifs is 3. The molecule has 3 unspecified atom stereocenters. The van der Waals surface area contributed by atoms with Gasteiger partial charge in [-0.1, -0.05) is 55.5 Å². The second-order valence-electron chi connectivity index (χ2n) is 8.94. The van der Waals surface area contributed by atoms with Gasteiger partial charge in [0.15, 0.2) is 0 Å². The molecular formula is C25H26F2N2O5. The summed E-state index contributed by atoms with van der Waals surface area (Å²) in [6.45, 7) is 2.69. The van der Waals surface area contributed by atoms with Crippen LogP contribution in [0.1, 0.15) is 37.3 Å². The number of amides is 2. The molecule has 2 aromatic carbocycles. The van der Waals surface area contributed by atoms with Gasteiger partial charge in [-0.2, -0.15) is 0 Å². The van der Waals surface area contributed by atoms with Crippen LogP contribution in [0.5, 0.6) is 0 Å². The highest BCUT2D eigenvalue weighted by molar-refractivity contribution is 5.89. The van der Waals surface area contributed by atoms with E-state index < -0.39 is 47.8 Å². The van der Waals surface area contributed by atoms with Crippen LogP contribution in [0.25, 0.3) is 11.1 Å². The number of hydrogen-bond donors (Lipinski definition) is 3. The Morgan fingerprint density at radius 2 is 1.62 bits per heavy atom. The van der Waals surface area contributed by atoms with Gasteiger partial charge in [0.25, 0.3) is 5.92 Å². The van der Waals surface area contributed by atoms with Crippen molar-refractivity contribution in [3.05, 3.63) is 59.7 Å². The SMILES string of the molecule is CCC(C)(NC(=O)OCC1c2ccccc2-c2ccccc21)C(=O)NCC1C(C(=O)O)C1(F)F. The van der Waals surface area contributed by atoms with Crippen LogP contribution >= 0.6 is 0 Å². The van der Waals surface area contributed by atoms with E-state index in [1.807, 2.05) is 48.5 Å². The Hall–Kier alpha value is -3.49. The van der Waals surface area contributed by atoms with Gasteiger partial charge < -0.3 is 20.5 Å². The van der Waals surface area contributed by atoms with Crippen LogP contribution in [-0.4, -0.2) is 47.7 Å². The standard InChI is InChI=1S/C25H26F2N2O5/c1-3-24(2,22(32)28-12-19-20(21(30)31)25(19,26)27)29-23(33)34-13-18-16-10-6-4-8-14(16)15-9-5-7-11-17(15)18/h4-11,18-20H,3,12-13H2,1-2H3,(H,28,32)(H,29,33)(H,30,31). The molecule has 0 bridgehead atoms. The summed E-state index contributed by atoms with van der Waals surface area (Å²) in [5.41, 5.74) is 2.85. The highest BCUT2D eigenvalue weighted by Gasteiger charge is 2.72. The molecule has 0 aliphatic heterocycles. The fourth-order valence-corrected chi connectivity index (χ4v) is 4.54.